The van der Waals surface area contributed by atoms with Gasteiger partial charge in [0.1, 0.15) is 11.5 Å². The number of thiophene rings is 1. The van der Waals surface area contributed by atoms with Crippen LogP contribution in [0.2, 0.25) is 0 Å². The lowest BCUT2D eigenvalue weighted by atomic mass is 10.2. The van der Waals surface area contributed by atoms with Gasteiger partial charge >= 0.3 is 0 Å². The van der Waals surface area contributed by atoms with Crippen LogP contribution in [0, 0.1) is 3.57 Å². The molecule has 2 rings (SSSR count). The zero-order valence-electron chi connectivity index (χ0n) is 5.91. The lowest BCUT2D eigenvalue weighted by Gasteiger charge is -1.97. The van der Waals surface area contributed by atoms with Crippen LogP contribution in [-0.2, 0) is 0 Å². The van der Waals surface area contributed by atoms with E-state index in [1.807, 2.05) is 0 Å². The van der Waals surface area contributed by atoms with Gasteiger partial charge in [0, 0.05) is 10.8 Å². The molecule has 2 aromatic rings. The first-order valence-electron chi connectivity index (χ1n) is 3.28. The Labute approximate surface area is 86.6 Å². The zero-order valence-corrected chi connectivity index (χ0v) is 8.89. The van der Waals surface area contributed by atoms with Crippen molar-refractivity contribution >= 4 is 44.0 Å². The largest absolute Gasteiger partial charge is 0.507 e. The highest BCUT2D eigenvalue weighted by molar-refractivity contribution is 14.1. The standard InChI is InChI=1S/C8H5IO2S/c9-7-5(10)2-1-4-6(11)3-12-8(4)7/h1-3,10-11H. The molecule has 0 bridgehead atoms. The normalized spacial score (nSPS) is 10.8. The Kier molecular flexibility index (Phi) is 1.88. The zero-order chi connectivity index (χ0) is 8.72. The van der Waals surface area contributed by atoms with Gasteiger partial charge in [0.2, 0.25) is 0 Å². The number of hydrogen-bond donors (Lipinski definition) is 2. The predicted molar refractivity (Wildman–Crippen MR) is 57.9 cm³/mol. The molecule has 0 saturated carbocycles. The fourth-order valence-electron chi connectivity index (χ4n) is 1.04. The fourth-order valence-corrected chi connectivity index (χ4v) is 2.76. The van der Waals surface area contributed by atoms with Crippen molar-refractivity contribution in [1.29, 1.82) is 0 Å². The first kappa shape index (κ1) is 8.12. The minimum absolute atomic E-state index is 0.268. The summed E-state index contributed by atoms with van der Waals surface area (Å²) in [5.41, 5.74) is 0. The fraction of sp³-hybridized carbons (Fsp3) is 0. The first-order valence-corrected chi connectivity index (χ1v) is 5.23. The topological polar surface area (TPSA) is 40.5 Å². The molecule has 0 saturated heterocycles. The van der Waals surface area contributed by atoms with Crippen LogP contribution in [-0.4, -0.2) is 10.2 Å². The number of rotatable bonds is 0. The molecule has 0 unspecified atom stereocenters. The third-order valence-electron chi connectivity index (χ3n) is 1.64. The Morgan fingerprint density at radius 2 is 1.92 bits per heavy atom. The Morgan fingerprint density at radius 3 is 2.67 bits per heavy atom. The third-order valence-corrected chi connectivity index (χ3v) is 4.10. The third kappa shape index (κ3) is 1.06. The molecule has 0 radical (unpaired) electrons. The van der Waals surface area contributed by atoms with E-state index in [-0.39, 0.29) is 11.5 Å². The summed E-state index contributed by atoms with van der Waals surface area (Å²) in [4.78, 5) is 0. The molecule has 0 aliphatic rings. The van der Waals surface area contributed by atoms with Gasteiger partial charge in [0.25, 0.3) is 0 Å². The van der Waals surface area contributed by atoms with Crippen LogP contribution in [0.15, 0.2) is 17.5 Å². The maximum atomic E-state index is 9.35. The molecule has 1 heterocycles. The van der Waals surface area contributed by atoms with E-state index in [9.17, 15) is 10.2 Å². The number of hydrogen-bond acceptors (Lipinski definition) is 3. The number of phenolic OH excluding ortho intramolecular Hbond substituents is 1. The van der Waals surface area contributed by atoms with Crippen LogP contribution in [0.25, 0.3) is 10.1 Å². The minimum atomic E-state index is 0.268. The second kappa shape index (κ2) is 2.77. The molecule has 0 fully saturated rings. The molecule has 0 atom stereocenters. The van der Waals surface area contributed by atoms with Crippen LogP contribution in [0.4, 0.5) is 0 Å². The lowest BCUT2D eigenvalue weighted by Crippen LogP contribution is -1.72. The Hall–Kier alpha value is -0.490. The molecule has 1 aromatic heterocycles. The molecule has 62 valence electrons. The summed E-state index contributed by atoms with van der Waals surface area (Å²) in [6.07, 6.45) is 0. The Bertz CT molecular complexity index is 436. The second-order valence-electron chi connectivity index (χ2n) is 2.40. The molecule has 4 heteroatoms. The number of benzene rings is 1. The summed E-state index contributed by atoms with van der Waals surface area (Å²) in [6.45, 7) is 0. The van der Waals surface area contributed by atoms with Gasteiger partial charge in [-0.25, -0.2) is 0 Å². The van der Waals surface area contributed by atoms with Gasteiger partial charge in [-0.3, -0.25) is 0 Å². The highest BCUT2D eigenvalue weighted by Crippen LogP contribution is 2.37. The number of phenols is 1. The monoisotopic (exact) mass is 292 g/mol. The van der Waals surface area contributed by atoms with E-state index >= 15 is 0 Å². The van der Waals surface area contributed by atoms with E-state index < -0.39 is 0 Å². The molecule has 0 amide bonds. The summed E-state index contributed by atoms with van der Waals surface area (Å²) in [6, 6.07) is 3.31. The molecular formula is C8H5IO2S. The summed E-state index contributed by atoms with van der Waals surface area (Å²) in [5.74, 6) is 0.554. The highest BCUT2D eigenvalue weighted by Gasteiger charge is 2.08. The van der Waals surface area contributed by atoms with Crippen LogP contribution in [0.5, 0.6) is 11.5 Å². The van der Waals surface area contributed by atoms with Gasteiger partial charge < -0.3 is 10.2 Å². The van der Waals surface area contributed by atoms with Crippen LogP contribution in [0.3, 0.4) is 0 Å². The number of aromatic hydroxyl groups is 2. The average Bonchev–Trinajstić information content (AvgIpc) is 2.41. The van der Waals surface area contributed by atoms with Gasteiger partial charge in [-0.2, -0.15) is 0 Å². The van der Waals surface area contributed by atoms with E-state index in [1.54, 1.807) is 17.5 Å². The van der Waals surface area contributed by atoms with E-state index in [1.165, 1.54) is 11.3 Å². The number of fused-ring (bicyclic) bond motifs is 1. The summed E-state index contributed by atoms with van der Waals surface area (Å²) >= 11 is 3.50. The van der Waals surface area contributed by atoms with Crippen LogP contribution < -0.4 is 0 Å². The van der Waals surface area contributed by atoms with Gasteiger partial charge in [0.15, 0.2) is 0 Å². The minimum Gasteiger partial charge on any atom is -0.507 e. The molecular weight excluding hydrogens is 287 g/mol. The average molecular weight is 292 g/mol. The summed E-state index contributed by atoms with van der Waals surface area (Å²) in [5, 5.41) is 21.2. The quantitative estimate of drug-likeness (QED) is 0.733. The van der Waals surface area contributed by atoms with E-state index in [0.29, 0.717) is 0 Å². The van der Waals surface area contributed by atoms with Crippen molar-refractivity contribution in [3.63, 3.8) is 0 Å². The molecule has 0 aliphatic heterocycles. The summed E-state index contributed by atoms with van der Waals surface area (Å²) in [7, 11) is 0. The molecule has 2 nitrogen and oxygen atoms in total. The van der Waals surface area contributed by atoms with Gasteiger partial charge in [-0.05, 0) is 34.7 Å². The highest BCUT2D eigenvalue weighted by atomic mass is 127. The summed E-state index contributed by atoms with van der Waals surface area (Å²) < 4.78 is 1.74. The molecule has 0 aliphatic carbocycles. The molecule has 12 heavy (non-hydrogen) atoms. The van der Waals surface area contributed by atoms with Crippen molar-refractivity contribution in [2.24, 2.45) is 0 Å². The van der Waals surface area contributed by atoms with Crippen molar-refractivity contribution in [2.45, 2.75) is 0 Å². The van der Waals surface area contributed by atoms with Crippen molar-refractivity contribution in [1.82, 2.24) is 0 Å². The predicted octanol–water partition coefficient (Wildman–Crippen LogP) is 2.92. The maximum Gasteiger partial charge on any atom is 0.134 e. The van der Waals surface area contributed by atoms with Crippen LogP contribution in [0.1, 0.15) is 0 Å². The van der Waals surface area contributed by atoms with E-state index in [2.05, 4.69) is 22.6 Å². The smallest absolute Gasteiger partial charge is 0.134 e. The first-order chi connectivity index (χ1) is 5.70. The Morgan fingerprint density at radius 1 is 1.17 bits per heavy atom. The van der Waals surface area contributed by atoms with E-state index in [4.69, 9.17) is 0 Å². The van der Waals surface area contributed by atoms with E-state index in [0.717, 1.165) is 13.7 Å². The van der Waals surface area contributed by atoms with Crippen molar-refractivity contribution < 1.29 is 10.2 Å². The molecule has 0 spiro atoms. The Balaban J connectivity index is 2.93. The molecule has 2 N–H and O–H groups in total. The van der Waals surface area contributed by atoms with Gasteiger partial charge in [0.05, 0.1) is 8.27 Å². The number of halogens is 1. The van der Waals surface area contributed by atoms with Gasteiger partial charge in [-0.1, -0.05) is 0 Å². The van der Waals surface area contributed by atoms with Crippen molar-refractivity contribution in [3.8, 4) is 11.5 Å². The van der Waals surface area contributed by atoms with Gasteiger partial charge in [-0.15, -0.1) is 11.3 Å². The van der Waals surface area contributed by atoms with Crippen LogP contribution >= 0.6 is 33.9 Å². The van der Waals surface area contributed by atoms with Crippen molar-refractivity contribution in [3.05, 3.63) is 21.1 Å². The second-order valence-corrected chi connectivity index (χ2v) is 4.35. The van der Waals surface area contributed by atoms with Crippen molar-refractivity contribution in [2.75, 3.05) is 0 Å². The molecule has 1 aromatic carbocycles. The lowest BCUT2D eigenvalue weighted by molar-refractivity contribution is 0.472. The SMILES string of the molecule is Oc1ccc2c(O)csc2c1I. The maximum absolute atomic E-state index is 9.35.